The van der Waals surface area contributed by atoms with Crippen LogP contribution >= 0.6 is 0 Å². The Bertz CT molecular complexity index is 2070. The average Bonchev–Trinajstić information content (AvgIpc) is 3.56. The van der Waals surface area contributed by atoms with Crippen LogP contribution in [0.2, 0.25) is 0 Å². The molecule has 0 radical (unpaired) electrons. The van der Waals surface area contributed by atoms with E-state index in [9.17, 15) is 0 Å². The van der Waals surface area contributed by atoms with Crippen LogP contribution in [0.25, 0.3) is 44.5 Å². The molecule has 0 atom stereocenters. The van der Waals surface area contributed by atoms with Gasteiger partial charge in [-0.1, -0.05) is 98.8 Å². The van der Waals surface area contributed by atoms with Crippen LogP contribution in [-0.2, 0) is 5.41 Å². The van der Waals surface area contributed by atoms with Crippen LogP contribution in [-0.4, -0.2) is 4.98 Å². The predicted molar refractivity (Wildman–Crippen MR) is 169 cm³/mol. The van der Waals surface area contributed by atoms with Gasteiger partial charge in [0.15, 0.2) is 5.58 Å². The lowest BCUT2D eigenvalue weighted by molar-refractivity contribution is 0.623. The zero-order valence-corrected chi connectivity index (χ0v) is 23.0. The van der Waals surface area contributed by atoms with Crippen molar-refractivity contribution < 1.29 is 4.42 Å². The molecule has 196 valence electrons. The van der Waals surface area contributed by atoms with Crippen molar-refractivity contribution in [1.29, 1.82) is 0 Å². The molecule has 0 spiro atoms. The minimum absolute atomic E-state index is 0.0404. The minimum atomic E-state index is -0.0404. The van der Waals surface area contributed by atoms with Gasteiger partial charge in [0, 0.05) is 22.4 Å². The van der Waals surface area contributed by atoms with Gasteiger partial charge >= 0.3 is 0 Å². The summed E-state index contributed by atoms with van der Waals surface area (Å²) in [6.45, 7) is 4.64. The molecule has 41 heavy (non-hydrogen) atoms. The zero-order chi connectivity index (χ0) is 27.6. The van der Waals surface area contributed by atoms with Crippen molar-refractivity contribution in [3.63, 3.8) is 0 Å². The van der Waals surface area contributed by atoms with Gasteiger partial charge in [-0.2, -0.15) is 0 Å². The van der Waals surface area contributed by atoms with Crippen LogP contribution in [0.15, 0.2) is 138 Å². The summed E-state index contributed by atoms with van der Waals surface area (Å²) >= 11 is 0. The first kappa shape index (κ1) is 23.7. The van der Waals surface area contributed by atoms with E-state index >= 15 is 0 Å². The Kier molecular flexibility index (Phi) is 5.17. The lowest BCUT2D eigenvalue weighted by Gasteiger charge is -2.28. The monoisotopic (exact) mass is 528 g/mol. The maximum atomic E-state index is 6.54. The topological polar surface area (TPSA) is 29.3 Å². The Morgan fingerprint density at radius 2 is 1.34 bits per heavy atom. The minimum Gasteiger partial charge on any atom is -0.435 e. The second kappa shape index (κ2) is 8.94. The quantitative estimate of drug-likeness (QED) is 0.228. The summed E-state index contributed by atoms with van der Waals surface area (Å²) in [4.78, 5) is 7.23. The number of oxazole rings is 1. The summed E-state index contributed by atoms with van der Waals surface area (Å²) in [7, 11) is 0. The van der Waals surface area contributed by atoms with E-state index in [0.717, 1.165) is 44.5 Å². The molecule has 8 rings (SSSR count). The van der Waals surface area contributed by atoms with Gasteiger partial charge in [0.05, 0.1) is 11.1 Å². The molecule has 0 amide bonds. The summed E-state index contributed by atoms with van der Waals surface area (Å²) in [5, 5.41) is 2.16. The second-order valence-electron chi connectivity index (χ2n) is 11.2. The summed E-state index contributed by atoms with van der Waals surface area (Å²) in [6.07, 6.45) is 0. The number of fused-ring (bicyclic) bond motifs is 6. The maximum absolute atomic E-state index is 6.54. The number of anilines is 3. The van der Waals surface area contributed by atoms with Crippen LogP contribution in [0.4, 0.5) is 17.1 Å². The fourth-order valence-corrected chi connectivity index (χ4v) is 6.48. The standard InChI is InChI=1S/C38H28N2O/c1-38(2)31-18-10-9-17-29(31)30-24-28(21-22-32(30)38)40(27-15-7-4-8-16-27)34-19-11-14-25-20-23-33-36(35(25)34)41-37(39-33)26-12-5-3-6-13-26/h3-24H,1-2H3. The lowest BCUT2D eigenvalue weighted by atomic mass is 9.82. The smallest absolute Gasteiger partial charge is 0.227 e. The van der Waals surface area contributed by atoms with E-state index in [1.165, 1.54) is 22.3 Å². The molecule has 1 aliphatic rings. The summed E-state index contributed by atoms with van der Waals surface area (Å²) in [5.74, 6) is 0.630. The fourth-order valence-electron chi connectivity index (χ4n) is 6.48. The molecule has 0 fully saturated rings. The largest absolute Gasteiger partial charge is 0.435 e. The third kappa shape index (κ3) is 3.63. The molecule has 7 aromatic rings. The summed E-state index contributed by atoms with van der Waals surface area (Å²) in [6, 6.07) is 47.1. The number of para-hydroxylation sites is 1. The van der Waals surface area contributed by atoms with Crippen LogP contribution in [0, 0.1) is 0 Å². The Balaban J connectivity index is 1.39. The van der Waals surface area contributed by atoms with Crippen molar-refractivity contribution in [2.75, 3.05) is 4.90 Å². The highest BCUT2D eigenvalue weighted by molar-refractivity contribution is 6.12. The van der Waals surface area contributed by atoms with Crippen LogP contribution in [0.3, 0.4) is 0 Å². The first-order valence-electron chi connectivity index (χ1n) is 14.1. The lowest BCUT2D eigenvalue weighted by Crippen LogP contribution is -2.15. The molecular formula is C38H28N2O. The second-order valence-corrected chi connectivity index (χ2v) is 11.2. The molecule has 3 nitrogen and oxygen atoms in total. The molecule has 1 aliphatic carbocycles. The number of nitrogens with zero attached hydrogens (tertiary/aromatic N) is 2. The Hall–Kier alpha value is -5.15. The molecule has 0 saturated carbocycles. The van der Waals surface area contributed by atoms with E-state index in [4.69, 9.17) is 9.40 Å². The van der Waals surface area contributed by atoms with Crippen molar-refractivity contribution >= 4 is 38.9 Å². The molecule has 0 aliphatic heterocycles. The van der Waals surface area contributed by atoms with Gasteiger partial charge < -0.3 is 9.32 Å². The van der Waals surface area contributed by atoms with Crippen molar-refractivity contribution in [3.8, 4) is 22.6 Å². The maximum Gasteiger partial charge on any atom is 0.227 e. The van der Waals surface area contributed by atoms with Crippen molar-refractivity contribution in [3.05, 3.63) is 145 Å². The van der Waals surface area contributed by atoms with E-state index in [0.29, 0.717) is 5.89 Å². The molecule has 0 N–H and O–H groups in total. The summed E-state index contributed by atoms with van der Waals surface area (Å²) < 4.78 is 6.54. The molecule has 6 aromatic carbocycles. The number of aromatic nitrogens is 1. The highest BCUT2D eigenvalue weighted by Gasteiger charge is 2.35. The molecule has 0 bridgehead atoms. The molecule has 1 aromatic heterocycles. The fraction of sp³-hybridized carbons (Fsp3) is 0.0789. The predicted octanol–water partition coefficient (Wildman–Crippen LogP) is 10.4. The van der Waals surface area contributed by atoms with Gasteiger partial charge in [-0.05, 0) is 76.2 Å². The molecular weight excluding hydrogens is 500 g/mol. The van der Waals surface area contributed by atoms with E-state index in [-0.39, 0.29) is 5.41 Å². The van der Waals surface area contributed by atoms with E-state index in [1.807, 2.05) is 30.3 Å². The third-order valence-corrected chi connectivity index (χ3v) is 8.48. The van der Waals surface area contributed by atoms with Gasteiger partial charge in [-0.25, -0.2) is 4.98 Å². The SMILES string of the molecule is CC1(C)c2ccccc2-c2cc(N(c3ccccc3)c3cccc4ccc5nc(-c6ccccc6)oc5c34)ccc21. The van der Waals surface area contributed by atoms with Crippen LogP contribution < -0.4 is 4.90 Å². The van der Waals surface area contributed by atoms with Gasteiger partial charge in [0.2, 0.25) is 5.89 Å². The van der Waals surface area contributed by atoms with E-state index < -0.39 is 0 Å². The van der Waals surface area contributed by atoms with Gasteiger partial charge in [0.1, 0.15) is 5.52 Å². The Labute approximate surface area is 239 Å². The van der Waals surface area contributed by atoms with Crippen LogP contribution in [0.5, 0.6) is 0 Å². The Morgan fingerprint density at radius 3 is 2.17 bits per heavy atom. The molecule has 0 saturated heterocycles. The van der Waals surface area contributed by atoms with Crippen molar-refractivity contribution in [2.24, 2.45) is 0 Å². The normalized spacial score (nSPS) is 13.3. The van der Waals surface area contributed by atoms with Gasteiger partial charge in [-0.3, -0.25) is 0 Å². The highest BCUT2D eigenvalue weighted by Crippen LogP contribution is 2.51. The average molecular weight is 529 g/mol. The third-order valence-electron chi connectivity index (χ3n) is 8.48. The molecule has 0 unspecified atom stereocenters. The molecule has 3 heteroatoms. The van der Waals surface area contributed by atoms with Crippen molar-refractivity contribution in [2.45, 2.75) is 19.3 Å². The van der Waals surface area contributed by atoms with Crippen molar-refractivity contribution in [1.82, 2.24) is 4.98 Å². The van der Waals surface area contributed by atoms with Gasteiger partial charge in [-0.15, -0.1) is 0 Å². The van der Waals surface area contributed by atoms with Crippen LogP contribution in [0.1, 0.15) is 25.0 Å². The first-order chi connectivity index (χ1) is 20.1. The van der Waals surface area contributed by atoms with E-state index in [2.05, 4.69) is 122 Å². The summed E-state index contributed by atoms with van der Waals surface area (Å²) in [5.41, 5.74) is 11.2. The first-order valence-corrected chi connectivity index (χ1v) is 14.1. The number of rotatable bonds is 4. The number of hydrogen-bond donors (Lipinski definition) is 0. The number of hydrogen-bond acceptors (Lipinski definition) is 3. The van der Waals surface area contributed by atoms with E-state index in [1.54, 1.807) is 0 Å². The molecule has 1 heterocycles. The van der Waals surface area contributed by atoms with Gasteiger partial charge in [0.25, 0.3) is 0 Å². The highest BCUT2D eigenvalue weighted by atomic mass is 16.3. The zero-order valence-electron chi connectivity index (χ0n) is 23.0. The Morgan fingerprint density at radius 1 is 0.610 bits per heavy atom. The number of benzene rings is 6.